The van der Waals surface area contributed by atoms with Crippen LogP contribution in [0.4, 0.5) is 0 Å². The number of nitrogens with zero attached hydrogens (tertiary/aromatic N) is 1. The van der Waals surface area contributed by atoms with Gasteiger partial charge in [-0.2, -0.15) is 0 Å². The second-order valence-corrected chi connectivity index (χ2v) is 10.2. The number of carbonyl (C=O) groups is 2. The van der Waals surface area contributed by atoms with Crippen molar-refractivity contribution in [1.82, 2.24) is 0 Å². The van der Waals surface area contributed by atoms with Crippen LogP contribution < -0.4 is 5.11 Å². The van der Waals surface area contributed by atoms with Gasteiger partial charge in [0.15, 0.2) is 0 Å². The van der Waals surface area contributed by atoms with Crippen LogP contribution in [-0.2, 0) is 10.8 Å². The zero-order valence-corrected chi connectivity index (χ0v) is 21.7. The standard InChI is InChI=1S/C14H10O5S.C13H30N/c15-13(16)9-1-5-11(6-2-9)20(19)12-7-3-10(4-8-12)14(17)18;1-5-8-11-14(4,12-9-6-2)13-10-7-3/h1-8H,(H,15,16)(H,17,18);5-13H2,1-4H3/q;+1/p-1. The molecule has 0 aliphatic rings. The summed E-state index contributed by atoms with van der Waals surface area (Å²) >= 11 is 0. The lowest BCUT2D eigenvalue weighted by atomic mass is 10.2. The molecule has 0 spiro atoms. The second kappa shape index (κ2) is 15.4. The fourth-order valence-corrected chi connectivity index (χ4v) is 4.57. The van der Waals surface area contributed by atoms with Crippen LogP contribution in [-0.4, -0.2) is 52.4 Å². The Morgan fingerprint density at radius 2 is 1.12 bits per heavy atom. The lowest BCUT2D eigenvalue weighted by molar-refractivity contribution is -0.910. The van der Waals surface area contributed by atoms with Gasteiger partial charge in [-0.25, -0.2) is 9.00 Å². The van der Waals surface area contributed by atoms with E-state index in [1.54, 1.807) is 0 Å². The van der Waals surface area contributed by atoms with E-state index < -0.39 is 22.7 Å². The van der Waals surface area contributed by atoms with Crippen LogP contribution in [0.25, 0.3) is 0 Å². The number of hydrogen-bond acceptors (Lipinski definition) is 4. The molecule has 2 aromatic rings. The fourth-order valence-electron chi connectivity index (χ4n) is 3.53. The second-order valence-electron chi connectivity index (χ2n) is 8.76. The molecule has 188 valence electrons. The highest BCUT2D eigenvalue weighted by molar-refractivity contribution is 7.85. The molecule has 0 aliphatic carbocycles. The number of benzene rings is 2. The number of rotatable bonds is 13. The lowest BCUT2D eigenvalue weighted by Gasteiger charge is -2.34. The van der Waals surface area contributed by atoms with Crippen molar-refractivity contribution in [3.63, 3.8) is 0 Å². The van der Waals surface area contributed by atoms with E-state index in [-0.39, 0.29) is 11.1 Å². The molecular formula is C27H39NO5S. The van der Waals surface area contributed by atoms with Crippen molar-refractivity contribution in [3.8, 4) is 0 Å². The van der Waals surface area contributed by atoms with Gasteiger partial charge < -0.3 is 19.5 Å². The molecule has 0 radical (unpaired) electrons. The van der Waals surface area contributed by atoms with Gasteiger partial charge in [0, 0.05) is 9.79 Å². The van der Waals surface area contributed by atoms with Gasteiger partial charge in [0.25, 0.3) is 0 Å². The molecule has 0 aliphatic heterocycles. The molecule has 1 unspecified atom stereocenters. The SMILES string of the molecule is CCCC[N+](C)(CCCC)CCCC.O=C([O-])c1ccc(S(=O)c2ccc(C(=O)O)cc2)cc1. The summed E-state index contributed by atoms with van der Waals surface area (Å²) < 4.78 is 13.5. The van der Waals surface area contributed by atoms with E-state index in [1.165, 1.54) is 111 Å². The topological polar surface area (TPSA) is 94.5 Å². The molecule has 34 heavy (non-hydrogen) atoms. The highest BCUT2D eigenvalue weighted by Gasteiger charge is 2.18. The Kier molecular flexibility index (Phi) is 13.4. The number of carbonyl (C=O) groups excluding carboxylic acids is 1. The van der Waals surface area contributed by atoms with Gasteiger partial charge in [-0.05, 0) is 61.2 Å². The molecular weight excluding hydrogens is 450 g/mol. The summed E-state index contributed by atoms with van der Waals surface area (Å²) in [5.74, 6) is -2.35. The van der Waals surface area contributed by atoms with Gasteiger partial charge in [-0.3, -0.25) is 0 Å². The molecule has 0 aromatic heterocycles. The van der Waals surface area contributed by atoms with Crippen molar-refractivity contribution >= 4 is 22.7 Å². The van der Waals surface area contributed by atoms with Crippen LogP contribution in [0.1, 0.15) is 80.0 Å². The highest BCUT2D eigenvalue weighted by Crippen LogP contribution is 2.17. The molecule has 1 N–H and O–H groups in total. The van der Waals surface area contributed by atoms with Crippen LogP contribution >= 0.6 is 0 Å². The van der Waals surface area contributed by atoms with Crippen LogP contribution in [0, 0.1) is 0 Å². The maximum absolute atomic E-state index is 12.2. The minimum Gasteiger partial charge on any atom is -0.545 e. The Labute approximate surface area is 206 Å². The smallest absolute Gasteiger partial charge is 0.335 e. The number of carboxylic acids is 2. The first-order chi connectivity index (χ1) is 16.2. The molecule has 2 aromatic carbocycles. The molecule has 2 rings (SSSR count). The summed E-state index contributed by atoms with van der Waals surface area (Å²) in [5, 5.41) is 19.4. The minimum absolute atomic E-state index is 0.00646. The minimum atomic E-state index is -1.50. The molecule has 0 saturated carbocycles. The van der Waals surface area contributed by atoms with Crippen LogP contribution in [0.15, 0.2) is 58.3 Å². The van der Waals surface area contributed by atoms with E-state index in [2.05, 4.69) is 27.8 Å². The maximum atomic E-state index is 12.2. The Hall–Kier alpha value is -2.51. The summed E-state index contributed by atoms with van der Waals surface area (Å²) in [5.41, 5.74) is 0.116. The third-order valence-electron chi connectivity index (χ3n) is 5.77. The normalized spacial score (nSPS) is 11.9. The summed E-state index contributed by atoms with van der Waals surface area (Å²) in [6.07, 6.45) is 8.20. The van der Waals surface area contributed by atoms with Crippen molar-refractivity contribution in [2.75, 3.05) is 26.7 Å². The first-order valence-corrected chi connectivity index (χ1v) is 13.2. The van der Waals surface area contributed by atoms with Crippen LogP contribution in [0.3, 0.4) is 0 Å². The zero-order valence-electron chi connectivity index (χ0n) is 20.9. The van der Waals surface area contributed by atoms with Gasteiger partial charge in [-0.15, -0.1) is 0 Å². The van der Waals surface area contributed by atoms with Crippen molar-refractivity contribution < 1.29 is 28.5 Å². The van der Waals surface area contributed by atoms with Gasteiger partial charge in [0.05, 0.1) is 49.0 Å². The molecule has 0 amide bonds. The molecule has 6 nitrogen and oxygen atoms in total. The summed E-state index contributed by atoms with van der Waals surface area (Å²) in [7, 11) is 0.949. The fraction of sp³-hybridized carbons (Fsp3) is 0.481. The Bertz CT molecular complexity index is 828. The van der Waals surface area contributed by atoms with E-state index in [0.29, 0.717) is 9.79 Å². The maximum Gasteiger partial charge on any atom is 0.335 e. The lowest BCUT2D eigenvalue weighted by Crippen LogP contribution is -2.46. The van der Waals surface area contributed by atoms with E-state index in [0.717, 1.165) is 0 Å². The monoisotopic (exact) mass is 489 g/mol. The predicted octanol–water partition coefficient (Wildman–Crippen LogP) is 4.75. The average Bonchev–Trinajstić information content (AvgIpc) is 2.85. The molecule has 0 bridgehead atoms. The van der Waals surface area contributed by atoms with E-state index in [1.807, 2.05) is 0 Å². The summed E-state index contributed by atoms with van der Waals surface area (Å²) in [6.45, 7) is 11.0. The zero-order chi connectivity index (χ0) is 25.6. The van der Waals surface area contributed by atoms with E-state index >= 15 is 0 Å². The highest BCUT2D eigenvalue weighted by atomic mass is 32.2. The third-order valence-corrected chi connectivity index (χ3v) is 7.17. The first-order valence-electron chi connectivity index (χ1n) is 12.1. The number of unbranched alkanes of at least 4 members (excludes halogenated alkanes) is 3. The first kappa shape index (κ1) is 29.5. The van der Waals surface area contributed by atoms with Crippen molar-refractivity contribution in [3.05, 3.63) is 59.7 Å². The number of hydrogen-bond donors (Lipinski definition) is 1. The third kappa shape index (κ3) is 10.2. The molecule has 7 heteroatoms. The van der Waals surface area contributed by atoms with Crippen LogP contribution in [0.5, 0.6) is 0 Å². The Morgan fingerprint density at radius 3 is 1.41 bits per heavy atom. The van der Waals surface area contributed by atoms with Gasteiger partial charge in [-0.1, -0.05) is 52.2 Å². The summed E-state index contributed by atoms with van der Waals surface area (Å²) in [4.78, 5) is 22.2. The predicted molar refractivity (Wildman–Crippen MR) is 134 cm³/mol. The van der Waals surface area contributed by atoms with Crippen molar-refractivity contribution in [1.29, 1.82) is 0 Å². The molecule has 0 saturated heterocycles. The average molecular weight is 490 g/mol. The van der Waals surface area contributed by atoms with Crippen LogP contribution in [0.2, 0.25) is 0 Å². The van der Waals surface area contributed by atoms with Crippen molar-refractivity contribution in [2.45, 2.75) is 69.1 Å². The molecule has 0 fully saturated rings. The number of carboxylic acid groups (broad SMARTS) is 2. The summed E-state index contributed by atoms with van der Waals surface area (Å²) in [6, 6.07) is 11.2. The molecule has 1 atom stereocenters. The number of aromatic carboxylic acids is 2. The quantitative estimate of drug-likeness (QED) is 0.410. The van der Waals surface area contributed by atoms with E-state index in [4.69, 9.17) is 5.11 Å². The van der Waals surface area contributed by atoms with E-state index in [9.17, 15) is 18.9 Å². The Morgan fingerprint density at radius 1 is 0.765 bits per heavy atom. The van der Waals surface area contributed by atoms with Gasteiger partial charge >= 0.3 is 5.97 Å². The number of quaternary nitrogens is 1. The largest absolute Gasteiger partial charge is 0.545 e. The van der Waals surface area contributed by atoms with Gasteiger partial charge in [0.1, 0.15) is 0 Å². The van der Waals surface area contributed by atoms with Crippen molar-refractivity contribution in [2.24, 2.45) is 0 Å². The Balaban J connectivity index is 0.000000365. The molecule has 0 heterocycles. The van der Waals surface area contributed by atoms with Gasteiger partial charge in [0.2, 0.25) is 0 Å².